The van der Waals surface area contributed by atoms with Crippen molar-refractivity contribution in [3.63, 3.8) is 0 Å². The first-order valence-electron chi connectivity index (χ1n) is 10.5. The fourth-order valence-corrected chi connectivity index (χ4v) is 6.26. The number of methoxy groups -OCH3 is 1. The van der Waals surface area contributed by atoms with E-state index in [1.54, 1.807) is 19.2 Å². The maximum atomic E-state index is 12.4. The van der Waals surface area contributed by atoms with Gasteiger partial charge in [0.2, 0.25) is 0 Å². The molecule has 152 valence electrons. The van der Waals surface area contributed by atoms with E-state index in [2.05, 4.69) is 12.2 Å². The summed E-state index contributed by atoms with van der Waals surface area (Å²) in [6.07, 6.45) is 7.90. The van der Waals surface area contributed by atoms with Gasteiger partial charge in [0.1, 0.15) is 0 Å². The quantitative estimate of drug-likeness (QED) is 0.727. The lowest BCUT2D eigenvalue weighted by Gasteiger charge is -2.59. The van der Waals surface area contributed by atoms with Gasteiger partial charge in [-0.3, -0.25) is 4.79 Å². The number of carbonyl (C=O) groups excluding carboxylic acids is 2. The maximum absolute atomic E-state index is 12.4. The third-order valence-electron chi connectivity index (χ3n) is 7.22. The number of amides is 1. The summed E-state index contributed by atoms with van der Waals surface area (Å²) in [5, 5.41) is 3.14. The number of ether oxygens (including phenoxy) is 2. The summed E-state index contributed by atoms with van der Waals surface area (Å²) < 4.78 is 10.3. The molecule has 0 aliphatic heterocycles. The molecule has 0 aromatic heterocycles. The fraction of sp³-hybridized carbons (Fsp3) is 0.652. The molecule has 1 N–H and O–H groups in total. The maximum Gasteiger partial charge on any atom is 0.338 e. The van der Waals surface area contributed by atoms with Gasteiger partial charge in [-0.25, -0.2) is 4.79 Å². The van der Waals surface area contributed by atoms with Crippen molar-refractivity contribution in [2.75, 3.05) is 13.7 Å². The average Bonchev–Trinajstić information content (AvgIpc) is 2.66. The number of hydrogen-bond acceptors (Lipinski definition) is 4. The van der Waals surface area contributed by atoms with E-state index in [1.165, 1.54) is 38.5 Å². The standard InChI is InChI=1S/C23H31NO4/c1-15(23-10-17-7-18(11-23)9-19(8-17)12-23)24-21(25)14-28-22(26)20-5-3-16(4-6-20)13-27-2/h3-6,15,17-19H,7-14H2,1-2H3,(H,24,25). The van der Waals surface area contributed by atoms with Crippen LogP contribution in [-0.4, -0.2) is 31.6 Å². The normalized spacial score (nSPS) is 31.4. The van der Waals surface area contributed by atoms with Crippen LogP contribution < -0.4 is 5.32 Å². The molecule has 1 amide bonds. The molecule has 4 aliphatic rings. The number of rotatable bonds is 7. The van der Waals surface area contributed by atoms with E-state index in [9.17, 15) is 9.59 Å². The van der Waals surface area contributed by atoms with Gasteiger partial charge in [-0.05, 0) is 86.3 Å². The summed E-state index contributed by atoms with van der Waals surface area (Å²) >= 11 is 0. The molecule has 5 nitrogen and oxygen atoms in total. The molecular formula is C23H31NO4. The lowest BCUT2D eigenvalue weighted by Crippen LogP contribution is -2.56. The minimum atomic E-state index is -0.471. The van der Waals surface area contributed by atoms with E-state index in [0.29, 0.717) is 12.2 Å². The molecule has 0 spiro atoms. The first kappa shape index (κ1) is 19.4. The molecular weight excluding hydrogens is 354 g/mol. The van der Waals surface area contributed by atoms with Gasteiger partial charge < -0.3 is 14.8 Å². The van der Waals surface area contributed by atoms with Gasteiger partial charge in [0, 0.05) is 13.2 Å². The monoisotopic (exact) mass is 385 g/mol. The SMILES string of the molecule is COCc1ccc(C(=O)OCC(=O)NC(C)C23CC4CC(CC(C4)C2)C3)cc1. The van der Waals surface area contributed by atoms with Crippen LogP contribution in [0.2, 0.25) is 0 Å². The zero-order valence-corrected chi connectivity index (χ0v) is 16.9. The Kier molecular flexibility index (Phi) is 5.46. The van der Waals surface area contributed by atoms with Crippen LogP contribution in [0.25, 0.3) is 0 Å². The zero-order valence-electron chi connectivity index (χ0n) is 16.9. The lowest BCUT2D eigenvalue weighted by atomic mass is 9.48. The Morgan fingerprint density at radius 1 is 1.07 bits per heavy atom. The molecule has 1 aromatic rings. The molecule has 0 saturated heterocycles. The number of carbonyl (C=O) groups is 2. The zero-order chi connectivity index (χ0) is 19.7. The highest BCUT2D eigenvalue weighted by molar-refractivity contribution is 5.91. The van der Waals surface area contributed by atoms with E-state index in [4.69, 9.17) is 9.47 Å². The van der Waals surface area contributed by atoms with Gasteiger partial charge in [0.25, 0.3) is 5.91 Å². The Morgan fingerprint density at radius 2 is 1.64 bits per heavy atom. The van der Waals surface area contributed by atoms with Crippen molar-refractivity contribution in [3.8, 4) is 0 Å². The first-order chi connectivity index (χ1) is 13.5. The van der Waals surface area contributed by atoms with Gasteiger partial charge in [0.15, 0.2) is 6.61 Å². The van der Waals surface area contributed by atoms with E-state index >= 15 is 0 Å². The topological polar surface area (TPSA) is 64.6 Å². The molecule has 0 heterocycles. The van der Waals surface area contributed by atoms with Crippen LogP contribution in [0.3, 0.4) is 0 Å². The Labute approximate surface area is 167 Å². The first-order valence-corrected chi connectivity index (χ1v) is 10.5. The van der Waals surface area contributed by atoms with E-state index in [-0.39, 0.29) is 24.0 Å². The molecule has 28 heavy (non-hydrogen) atoms. The highest BCUT2D eigenvalue weighted by Crippen LogP contribution is 2.61. The van der Waals surface area contributed by atoms with Crippen molar-refractivity contribution < 1.29 is 19.1 Å². The van der Waals surface area contributed by atoms with Crippen molar-refractivity contribution in [1.82, 2.24) is 5.32 Å². The van der Waals surface area contributed by atoms with Gasteiger partial charge >= 0.3 is 5.97 Å². The number of nitrogens with one attached hydrogen (secondary N) is 1. The molecule has 1 atom stereocenters. The third kappa shape index (κ3) is 3.95. The van der Waals surface area contributed by atoms with Crippen LogP contribution in [0.4, 0.5) is 0 Å². The van der Waals surface area contributed by atoms with Crippen LogP contribution in [0.5, 0.6) is 0 Å². The third-order valence-corrected chi connectivity index (χ3v) is 7.22. The smallest absolute Gasteiger partial charge is 0.338 e. The minimum absolute atomic E-state index is 0.139. The highest BCUT2D eigenvalue weighted by atomic mass is 16.5. The Bertz CT molecular complexity index is 691. The number of benzene rings is 1. The van der Waals surface area contributed by atoms with E-state index in [0.717, 1.165) is 23.3 Å². The summed E-state index contributed by atoms with van der Waals surface area (Å²) in [7, 11) is 1.63. The van der Waals surface area contributed by atoms with Crippen molar-refractivity contribution in [2.24, 2.45) is 23.2 Å². The largest absolute Gasteiger partial charge is 0.452 e. The predicted octanol–water partition coefficient (Wildman–Crippen LogP) is 3.71. The van der Waals surface area contributed by atoms with Crippen LogP contribution in [0.15, 0.2) is 24.3 Å². The second-order valence-corrected chi connectivity index (χ2v) is 9.28. The molecule has 1 aromatic carbocycles. The van der Waals surface area contributed by atoms with Crippen LogP contribution in [0.1, 0.15) is 61.4 Å². The van der Waals surface area contributed by atoms with Gasteiger partial charge in [0.05, 0.1) is 12.2 Å². The lowest BCUT2D eigenvalue weighted by molar-refractivity contribution is -0.128. The minimum Gasteiger partial charge on any atom is -0.452 e. The molecule has 4 fully saturated rings. The molecule has 0 radical (unpaired) electrons. The molecule has 5 rings (SSSR count). The summed E-state index contributed by atoms with van der Waals surface area (Å²) in [6, 6.07) is 7.20. The van der Waals surface area contributed by atoms with Gasteiger partial charge in [-0.1, -0.05) is 12.1 Å². The van der Waals surface area contributed by atoms with Crippen LogP contribution in [0, 0.1) is 23.2 Å². The molecule has 5 heteroatoms. The summed E-state index contributed by atoms with van der Waals surface area (Å²) in [5.74, 6) is 1.88. The number of hydrogen-bond donors (Lipinski definition) is 1. The Hall–Kier alpha value is -1.88. The van der Waals surface area contributed by atoms with E-state index < -0.39 is 5.97 Å². The van der Waals surface area contributed by atoms with Gasteiger partial charge in [-0.15, -0.1) is 0 Å². The van der Waals surface area contributed by atoms with Crippen molar-refractivity contribution in [3.05, 3.63) is 35.4 Å². The second kappa shape index (κ2) is 7.86. The van der Waals surface area contributed by atoms with Gasteiger partial charge in [-0.2, -0.15) is 0 Å². The van der Waals surface area contributed by atoms with E-state index in [1.807, 2.05) is 12.1 Å². The molecule has 4 aliphatic carbocycles. The highest BCUT2D eigenvalue weighted by Gasteiger charge is 2.53. The summed E-state index contributed by atoms with van der Waals surface area (Å²) in [5.41, 5.74) is 1.69. The summed E-state index contributed by atoms with van der Waals surface area (Å²) in [4.78, 5) is 24.6. The molecule has 4 saturated carbocycles. The fourth-order valence-electron chi connectivity index (χ4n) is 6.26. The van der Waals surface area contributed by atoms with Crippen molar-refractivity contribution in [2.45, 2.75) is 58.1 Å². The Balaban J connectivity index is 1.28. The second-order valence-electron chi connectivity index (χ2n) is 9.28. The Morgan fingerprint density at radius 3 is 2.18 bits per heavy atom. The predicted molar refractivity (Wildman–Crippen MR) is 106 cm³/mol. The average molecular weight is 386 g/mol. The van der Waals surface area contributed by atoms with Crippen molar-refractivity contribution >= 4 is 11.9 Å². The van der Waals surface area contributed by atoms with Crippen LogP contribution in [-0.2, 0) is 20.9 Å². The molecule has 4 bridgehead atoms. The number of esters is 1. The van der Waals surface area contributed by atoms with Crippen LogP contribution >= 0.6 is 0 Å². The summed E-state index contributed by atoms with van der Waals surface area (Å²) in [6.45, 7) is 2.41. The molecule has 1 unspecified atom stereocenters. The van der Waals surface area contributed by atoms with Crippen molar-refractivity contribution in [1.29, 1.82) is 0 Å².